The van der Waals surface area contributed by atoms with Crippen molar-refractivity contribution in [3.8, 4) is 0 Å². The third-order valence-corrected chi connectivity index (χ3v) is 4.85. The van der Waals surface area contributed by atoms with Gasteiger partial charge in [-0.2, -0.15) is 0 Å². The molecule has 1 saturated heterocycles. The van der Waals surface area contributed by atoms with Gasteiger partial charge in [0.15, 0.2) is 0 Å². The monoisotopic (exact) mass is 254 g/mol. The Hall–Kier alpha value is -0.610. The number of hydrogen-bond donors (Lipinski definition) is 3. The Balaban J connectivity index is 1.86. The molecule has 1 aliphatic carbocycles. The SMILES string of the molecule is CCC1(C(=O)NCC2(CCO)CC2)CCCNC1. The Labute approximate surface area is 110 Å². The Morgan fingerprint density at radius 2 is 2.17 bits per heavy atom. The molecule has 4 nitrogen and oxygen atoms in total. The van der Waals surface area contributed by atoms with Gasteiger partial charge in [-0.15, -0.1) is 0 Å². The lowest BCUT2D eigenvalue weighted by Gasteiger charge is -2.36. The lowest BCUT2D eigenvalue weighted by molar-refractivity contribution is -0.132. The van der Waals surface area contributed by atoms with E-state index < -0.39 is 0 Å². The van der Waals surface area contributed by atoms with Crippen LogP contribution < -0.4 is 10.6 Å². The van der Waals surface area contributed by atoms with Crippen LogP contribution in [0.2, 0.25) is 0 Å². The van der Waals surface area contributed by atoms with Crippen LogP contribution in [-0.2, 0) is 4.79 Å². The second kappa shape index (κ2) is 5.57. The van der Waals surface area contributed by atoms with Gasteiger partial charge in [0.25, 0.3) is 0 Å². The minimum absolute atomic E-state index is 0.201. The summed E-state index contributed by atoms with van der Waals surface area (Å²) in [6, 6.07) is 0. The number of aliphatic hydroxyl groups is 1. The van der Waals surface area contributed by atoms with Gasteiger partial charge >= 0.3 is 0 Å². The molecule has 0 radical (unpaired) electrons. The van der Waals surface area contributed by atoms with Crippen LogP contribution in [0.3, 0.4) is 0 Å². The number of rotatable bonds is 6. The molecule has 1 saturated carbocycles. The van der Waals surface area contributed by atoms with Crippen molar-refractivity contribution in [2.45, 2.75) is 45.4 Å². The standard InChI is InChI=1S/C14H26N2O2/c1-2-14(4-3-8-15-11-14)12(18)16-10-13(5-6-13)7-9-17/h15,17H,2-11H2,1H3,(H,16,18). The zero-order valence-electron chi connectivity index (χ0n) is 11.4. The van der Waals surface area contributed by atoms with Crippen molar-refractivity contribution in [2.75, 3.05) is 26.2 Å². The van der Waals surface area contributed by atoms with Gasteiger partial charge in [-0.05, 0) is 50.5 Å². The number of aliphatic hydroxyl groups excluding tert-OH is 1. The Bertz CT molecular complexity index is 294. The molecule has 1 atom stereocenters. The number of amides is 1. The first-order chi connectivity index (χ1) is 8.66. The maximum atomic E-state index is 12.4. The minimum atomic E-state index is -0.201. The van der Waals surface area contributed by atoms with E-state index in [9.17, 15) is 4.79 Å². The van der Waals surface area contributed by atoms with Crippen molar-refractivity contribution in [2.24, 2.45) is 10.8 Å². The Morgan fingerprint density at radius 3 is 2.67 bits per heavy atom. The van der Waals surface area contributed by atoms with Crippen LogP contribution in [0.1, 0.15) is 45.4 Å². The highest BCUT2D eigenvalue weighted by Crippen LogP contribution is 2.48. The van der Waals surface area contributed by atoms with Gasteiger partial charge in [-0.3, -0.25) is 4.79 Å². The van der Waals surface area contributed by atoms with Crippen LogP contribution >= 0.6 is 0 Å². The van der Waals surface area contributed by atoms with Crippen LogP contribution in [-0.4, -0.2) is 37.3 Å². The number of carbonyl (C=O) groups excluding carboxylic acids is 1. The van der Waals surface area contributed by atoms with E-state index in [0.29, 0.717) is 0 Å². The van der Waals surface area contributed by atoms with Gasteiger partial charge in [0.05, 0.1) is 5.41 Å². The maximum absolute atomic E-state index is 12.4. The molecule has 0 aromatic rings. The number of carbonyl (C=O) groups is 1. The molecule has 2 rings (SSSR count). The van der Waals surface area contributed by atoms with Crippen molar-refractivity contribution in [3.05, 3.63) is 0 Å². The first-order valence-corrected chi connectivity index (χ1v) is 7.26. The summed E-state index contributed by atoms with van der Waals surface area (Å²) in [6.45, 7) is 4.92. The minimum Gasteiger partial charge on any atom is -0.396 e. The second-order valence-electron chi connectivity index (χ2n) is 6.07. The Kier molecular flexibility index (Phi) is 4.28. The van der Waals surface area contributed by atoms with E-state index >= 15 is 0 Å². The fourth-order valence-corrected chi connectivity index (χ4v) is 3.01. The fraction of sp³-hybridized carbons (Fsp3) is 0.929. The van der Waals surface area contributed by atoms with E-state index in [1.807, 2.05) is 0 Å². The van der Waals surface area contributed by atoms with E-state index in [4.69, 9.17) is 5.11 Å². The molecule has 1 aliphatic heterocycles. The first kappa shape index (κ1) is 13.8. The molecule has 104 valence electrons. The number of nitrogens with one attached hydrogen (secondary N) is 2. The highest BCUT2D eigenvalue weighted by atomic mass is 16.3. The summed E-state index contributed by atoms with van der Waals surface area (Å²) in [6.07, 6.45) is 6.10. The summed E-state index contributed by atoms with van der Waals surface area (Å²) in [7, 11) is 0. The summed E-state index contributed by atoms with van der Waals surface area (Å²) in [5.41, 5.74) is 0.00891. The van der Waals surface area contributed by atoms with Crippen LogP contribution in [0.25, 0.3) is 0 Å². The van der Waals surface area contributed by atoms with Crippen molar-refractivity contribution >= 4 is 5.91 Å². The molecule has 0 aromatic carbocycles. The number of hydrogen-bond acceptors (Lipinski definition) is 3. The van der Waals surface area contributed by atoms with Gasteiger partial charge < -0.3 is 15.7 Å². The third kappa shape index (κ3) is 2.86. The zero-order valence-corrected chi connectivity index (χ0v) is 11.4. The van der Waals surface area contributed by atoms with Crippen LogP contribution in [0, 0.1) is 10.8 Å². The molecule has 0 bridgehead atoms. The van der Waals surface area contributed by atoms with Gasteiger partial charge in [0.2, 0.25) is 5.91 Å². The second-order valence-corrected chi connectivity index (χ2v) is 6.07. The molecule has 3 N–H and O–H groups in total. The molecular formula is C14H26N2O2. The lowest BCUT2D eigenvalue weighted by Crippen LogP contribution is -2.51. The molecule has 4 heteroatoms. The zero-order chi connectivity index (χ0) is 13.1. The molecule has 2 aliphatic rings. The van der Waals surface area contributed by atoms with Gasteiger partial charge in [0.1, 0.15) is 0 Å². The normalized spacial score (nSPS) is 29.9. The average molecular weight is 254 g/mol. The fourth-order valence-electron chi connectivity index (χ4n) is 3.01. The van der Waals surface area contributed by atoms with E-state index in [1.54, 1.807) is 0 Å². The first-order valence-electron chi connectivity index (χ1n) is 7.26. The maximum Gasteiger partial charge on any atom is 0.227 e. The van der Waals surface area contributed by atoms with E-state index in [1.165, 1.54) is 0 Å². The van der Waals surface area contributed by atoms with Crippen molar-refractivity contribution < 1.29 is 9.90 Å². The van der Waals surface area contributed by atoms with E-state index in [-0.39, 0.29) is 23.3 Å². The molecule has 18 heavy (non-hydrogen) atoms. The molecule has 0 aromatic heterocycles. The van der Waals surface area contributed by atoms with Gasteiger partial charge in [-0.1, -0.05) is 6.92 Å². The van der Waals surface area contributed by atoms with E-state index in [0.717, 1.165) is 58.2 Å². The Morgan fingerprint density at radius 1 is 1.39 bits per heavy atom. The van der Waals surface area contributed by atoms with Crippen molar-refractivity contribution in [1.82, 2.24) is 10.6 Å². The van der Waals surface area contributed by atoms with Crippen LogP contribution in [0.5, 0.6) is 0 Å². The molecule has 0 spiro atoms. The molecule has 2 fully saturated rings. The van der Waals surface area contributed by atoms with Crippen molar-refractivity contribution in [1.29, 1.82) is 0 Å². The predicted octanol–water partition coefficient (Wildman–Crippen LogP) is 1.04. The van der Waals surface area contributed by atoms with E-state index in [2.05, 4.69) is 17.6 Å². The summed E-state index contributed by atoms with van der Waals surface area (Å²) in [5.74, 6) is 0.210. The predicted molar refractivity (Wildman–Crippen MR) is 71.2 cm³/mol. The van der Waals surface area contributed by atoms with Gasteiger partial charge in [-0.25, -0.2) is 0 Å². The summed E-state index contributed by atoms with van der Waals surface area (Å²) < 4.78 is 0. The average Bonchev–Trinajstić information content (AvgIpc) is 3.17. The van der Waals surface area contributed by atoms with Crippen LogP contribution in [0.15, 0.2) is 0 Å². The topological polar surface area (TPSA) is 61.4 Å². The summed E-state index contributed by atoms with van der Waals surface area (Å²) >= 11 is 0. The molecule has 1 heterocycles. The lowest BCUT2D eigenvalue weighted by atomic mass is 9.77. The van der Waals surface area contributed by atoms with Crippen LogP contribution in [0.4, 0.5) is 0 Å². The summed E-state index contributed by atoms with van der Waals surface area (Å²) in [5, 5.41) is 15.5. The highest BCUT2D eigenvalue weighted by Gasteiger charge is 2.44. The smallest absolute Gasteiger partial charge is 0.227 e. The summed E-state index contributed by atoms with van der Waals surface area (Å²) in [4.78, 5) is 12.4. The van der Waals surface area contributed by atoms with Gasteiger partial charge in [0, 0.05) is 19.7 Å². The number of piperidine rings is 1. The molecule has 1 unspecified atom stereocenters. The molecule has 1 amide bonds. The quantitative estimate of drug-likeness (QED) is 0.664. The van der Waals surface area contributed by atoms with Crippen molar-refractivity contribution in [3.63, 3.8) is 0 Å². The largest absolute Gasteiger partial charge is 0.396 e. The molecular weight excluding hydrogens is 228 g/mol. The third-order valence-electron chi connectivity index (χ3n) is 4.85. The highest BCUT2D eigenvalue weighted by molar-refractivity contribution is 5.83.